The van der Waals surface area contributed by atoms with E-state index in [0.717, 1.165) is 55.3 Å². The highest BCUT2D eigenvalue weighted by Gasteiger charge is 2.21. The summed E-state index contributed by atoms with van der Waals surface area (Å²) in [7, 11) is 0. The van der Waals surface area contributed by atoms with E-state index in [0.29, 0.717) is 0 Å². The summed E-state index contributed by atoms with van der Waals surface area (Å²) in [4.78, 5) is 3.67. The van der Waals surface area contributed by atoms with Crippen molar-refractivity contribution in [1.29, 1.82) is 0 Å². The number of anilines is 1. The summed E-state index contributed by atoms with van der Waals surface area (Å²) in [6, 6.07) is 12.9. The highest BCUT2D eigenvalue weighted by molar-refractivity contribution is 7.99. The smallest absolute Gasteiger partial charge is 0.232 e. The third-order valence-corrected chi connectivity index (χ3v) is 6.23. The molecule has 136 valence electrons. The topological polar surface area (TPSA) is 43.2 Å². The van der Waals surface area contributed by atoms with Crippen LogP contribution >= 0.6 is 23.1 Å². The number of hydrogen-bond donors (Lipinski definition) is 0. The maximum atomic E-state index is 5.49. The van der Waals surface area contributed by atoms with Crippen LogP contribution in [0.4, 0.5) is 5.95 Å². The lowest BCUT2D eigenvalue weighted by molar-refractivity contribution is 0.122. The van der Waals surface area contributed by atoms with Crippen LogP contribution in [-0.2, 0) is 11.2 Å². The van der Waals surface area contributed by atoms with Gasteiger partial charge in [-0.3, -0.25) is 4.57 Å². The summed E-state index contributed by atoms with van der Waals surface area (Å²) in [6.45, 7) is 5.28. The van der Waals surface area contributed by atoms with E-state index in [4.69, 9.17) is 4.74 Å². The number of thioether (sulfide) groups is 1. The molecule has 0 aliphatic carbocycles. The Hall–Kier alpha value is -1.83. The number of benzene rings is 1. The first-order valence-electron chi connectivity index (χ1n) is 8.81. The maximum absolute atomic E-state index is 5.49. The van der Waals surface area contributed by atoms with Crippen LogP contribution < -0.4 is 4.90 Å². The van der Waals surface area contributed by atoms with E-state index in [1.54, 1.807) is 11.8 Å². The molecule has 1 fully saturated rings. The molecule has 0 amide bonds. The Morgan fingerprint density at radius 1 is 1.12 bits per heavy atom. The Kier molecular flexibility index (Phi) is 5.57. The van der Waals surface area contributed by atoms with Crippen LogP contribution in [0, 0.1) is 6.92 Å². The van der Waals surface area contributed by atoms with Crippen molar-refractivity contribution in [2.45, 2.75) is 18.5 Å². The van der Waals surface area contributed by atoms with Gasteiger partial charge >= 0.3 is 0 Å². The standard InChI is InChI=1S/C19H22N4OS2/c1-15-4-6-16(7-5-15)23-18(22-9-11-24-12-10-22)20-21-19(23)26-14-8-17-3-2-13-25-17/h2-7,13H,8-12,14H2,1H3. The fourth-order valence-electron chi connectivity index (χ4n) is 2.94. The Labute approximate surface area is 162 Å². The third-order valence-electron chi connectivity index (χ3n) is 4.36. The van der Waals surface area contributed by atoms with Crippen LogP contribution in [0.15, 0.2) is 46.9 Å². The van der Waals surface area contributed by atoms with Crippen molar-refractivity contribution in [3.63, 3.8) is 0 Å². The van der Waals surface area contributed by atoms with E-state index < -0.39 is 0 Å². The zero-order valence-electron chi connectivity index (χ0n) is 14.8. The second-order valence-corrected chi connectivity index (χ2v) is 8.33. The van der Waals surface area contributed by atoms with Gasteiger partial charge in [0.05, 0.1) is 18.9 Å². The van der Waals surface area contributed by atoms with Gasteiger partial charge in [0.2, 0.25) is 5.95 Å². The lowest BCUT2D eigenvalue weighted by Crippen LogP contribution is -2.37. The fraction of sp³-hybridized carbons (Fsp3) is 0.368. The Morgan fingerprint density at radius 3 is 2.65 bits per heavy atom. The van der Waals surface area contributed by atoms with Gasteiger partial charge in [-0.2, -0.15) is 0 Å². The fourth-order valence-corrected chi connectivity index (χ4v) is 4.70. The van der Waals surface area contributed by atoms with Crippen molar-refractivity contribution in [3.8, 4) is 5.69 Å². The molecule has 1 aliphatic rings. The summed E-state index contributed by atoms with van der Waals surface area (Å²) in [6.07, 6.45) is 1.05. The van der Waals surface area contributed by atoms with E-state index in [1.165, 1.54) is 10.4 Å². The number of aryl methyl sites for hydroxylation is 2. The van der Waals surface area contributed by atoms with E-state index >= 15 is 0 Å². The molecule has 5 nitrogen and oxygen atoms in total. The minimum absolute atomic E-state index is 0.738. The predicted molar refractivity (Wildman–Crippen MR) is 108 cm³/mol. The van der Waals surface area contributed by atoms with Crippen LogP contribution in [0.25, 0.3) is 5.69 Å². The number of rotatable bonds is 6. The van der Waals surface area contributed by atoms with Gasteiger partial charge in [0, 0.05) is 23.7 Å². The molecule has 0 radical (unpaired) electrons. The van der Waals surface area contributed by atoms with Gasteiger partial charge in [-0.05, 0) is 36.9 Å². The Bertz CT molecular complexity index is 824. The minimum atomic E-state index is 0.738. The third kappa shape index (κ3) is 3.95. The summed E-state index contributed by atoms with van der Waals surface area (Å²) < 4.78 is 7.68. The molecule has 3 heterocycles. The number of thiophene rings is 1. The summed E-state index contributed by atoms with van der Waals surface area (Å²) in [5.74, 6) is 1.91. The number of nitrogens with zero attached hydrogens (tertiary/aromatic N) is 4. The molecule has 4 rings (SSSR count). The number of hydrogen-bond acceptors (Lipinski definition) is 6. The van der Waals surface area contributed by atoms with E-state index in [-0.39, 0.29) is 0 Å². The normalized spacial score (nSPS) is 14.7. The lowest BCUT2D eigenvalue weighted by atomic mass is 10.2. The van der Waals surface area contributed by atoms with Crippen LogP contribution in [-0.4, -0.2) is 46.8 Å². The van der Waals surface area contributed by atoms with E-state index in [1.807, 2.05) is 11.3 Å². The van der Waals surface area contributed by atoms with E-state index in [9.17, 15) is 0 Å². The number of ether oxygens (including phenoxy) is 1. The second kappa shape index (κ2) is 8.24. The molecule has 0 bridgehead atoms. The van der Waals surface area contributed by atoms with Gasteiger partial charge in [-0.15, -0.1) is 21.5 Å². The molecule has 1 saturated heterocycles. The second-order valence-electron chi connectivity index (χ2n) is 6.23. The van der Waals surface area contributed by atoms with Crippen LogP contribution in [0.2, 0.25) is 0 Å². The van der Waals surface area contributed by atoms with Crippen molar-refractivity contribution in [1.82, 2.24) is 14.8 Å². The molecule has 0 spiro atoms. The molecule has 1 aliphatic heterocycles. The van der Waals surface area contributed by atoms with Crippen molar-refractivity contribution < 1.29 is 4.74 Å². The van der Waals surface area contributed by atoms with Crippen LogP contribution in [0.5, 0.6) is 0 Å². The zero-order chi connectivity index (χ0) is 17.8. The van der Waals surface area contributed by atoms with Gasteiger partial charge in [0.25, 0.3) is 0 Å². The van der Waals surface area contributed by atoms with Gasteiger partial charge in [0.1, 0.15) is 0 Å². The van der Waals surface area contributed by atoms with Crippen molar-refractivity contribution in [2.75, 3.05) is 37.0 Å². The van der Waals surface area contributed by atoms with Gasteiger partial charge in [-0.1, -0.05) is 35.5 Å². The van der Waals surface area contributed by atoms with Crippen molar-refractivity contribution >= 4 is 29.0 Å². The highest BCUT2D eigenvalue weighted by atomic mass is 32.2. The van der Waals surface area contributed by atoms with Gasteiger partial charge in [0.15, 0.2) is 5.16 Å². The maximum Gasteiger partial charge on any atom is 0.232 e. The SMILES string of the molecule is Cc1ccc(-n2c(SCCc3cccs3)nnc2N2CCOCC2)cc1. The van der Waals surface area contributed by atoms with Crippen LogP contribution in [0.3, 0.4) is 0 Å². The summed E-state index contributed by atoms with van der Waals surface area (Å²) in [5, 5.41) is 12.1. The van der Waals surface area contributed by atoms with Gasteiger partial charge in [-0.25, -0.2) is 0 Å². The molecule has 0 N–H and O–H groups in total. The highest BCUT2D eigenvalue weighted by Crippen LogP contribution is 2.28. The average Bonchev–Trinajstić information content (AvgIpc) is 3.33. The van der Waals surface area contributed by atoms with Crippen LogP contribution in [0.1, 0.15) is 10.4 Å². The van der Waals surface area contributed by atoms with E-state index in [2.05, 4.69) is 68.4 Å². The van der Waals surface area contributed by atoms with Crippen molar-refractivity contribution in [3.05, 3.63) is 52.2 Å². The largest absolute Gasteiger partial charge is 0.378 e. The first kappa shape index (κ1) is 17.6. The summed E-state index contributed by atoms with van der Waals surface area (Å²) >= 11 is 3.58. The molecule has 26 heavy (non-hydrogen) atoms. The van der Waals surface area contributed by atoms with Crippen molar-refractivity contribution in [2.24, 2.45) is 0 Å². The lowest BCUT2D eigenvalue weighted by Gasteiger charge is -2.28. The quantitative estimate of drug-likeness (QED) is 0.603. The molecule has 0 unspecified atom stereocenters. The predicted octanol–water partition coefficient (Wildman–Crippen LogP) is 3.81. The number of aromatic nitrogens is 3. The molecule has 3 aromatic rings. The summed E-state index contributed by atoms with van der Waals surface area (Å²) in [5.41, 5.74) is 2.36. The Morgan fingerprint density at radius 2 is 1.92 bits per heavy atom. The molecule has 2 aromatic heterocycles. The van der Waals surface area contributed by atoms with Gasteiger partial charge < -0.3 is 9.64 Å². The monoisotopic (exact) mass is 386 g/mol. The zero-order valence-corrected chi connectivity index (χ0v) is 16.4. The minimum Gasteiger partial charge on any atom is -0.378 e. The molecule has 0 atom stereocenters. The Balaban J connectivity index is 1.59. The molecule has 0 saturated carbocycles. The molecular formula is C19H22N4OS2. The molecule has 1 aromatic carbocycles. The molecular weight excluding hydrogens is 364 g/mol. The first-order chi connectivity index (χ1) is 12.8. The molecule has 7 heteroatoms. The first-order valence-corrected chi connectivity index (χ1v) is 10.7. The number of morpholine rings is 1. The average molecular weight is 387 g/mol.